The summed E-state index contributed by atoms with van der Waals surface area (Å²) in [6.07, 6.45) is 15.9. The van der Waals surface area contributed by atoms with Crippen molar-refractivity contribution in [2.75, 3.05) is 0 Å². The molecule has 4 aliphatic rings. The van der Waals surface area contributed by atoms with Crippen LogP contribution in [0.2, 0.25) is 0 Å². The molecule has 2 aliphatic heterocycles. The lowest BCUT2D eigenvalue weighted by Crippen LogP contribution is -2.60. The van der Waals surface area contributed by atoms with Crippen LogP contribution in [0.5, 0.6) is 0 Å². The van der Waals surface area contributed by atoms with Crippen LogP contribution >= 0.6 is 0 Å². The van der Waals surface area contributed by atoms with Gasteiger partial charge in [0.05, 0.1) is 0 Å². The zero-order valence-electron chi connectivity index (χ0n) is 13.8. The molecule has 2 heteroatoms. The molecule has 7 atom stereocenters. The Morgan fingerprint density at radius 1 is 0.810 bits per heavy atom. The van der Waals surface area contributed by atoms with Gasteiger partial charge in [-0.1, -0.05) is 19.8 Å². The summed E-state index contributed by atoms with van der Waals surface area (Å²) in [5.41, 5.74) is 6.32. The van der Waals surface area contributed by atoms with E-state index >= 15 is 0 Å². The molecule has 0 aromatic carbocycles. The van der Waals surface area contributed by atoms with Crippen molar-refractivity contribution >= 4 is 0 Å². The van der Waals surface area contributed by atoms with E-state index in [1.165, 1.54) is 64.2 Å². The monoisotopic (exact) mass is 290 g/mol. The van der Waals surface area contributed by atoms with Crippen LogP contribution in [-0.4, -0.2) is 29.1 Å². The van der Waals surface area contributed by atoms with Gasteiger partial charge in [0.25, 0.3) is 0 Å². The molecule has 0 aromatic rings. The quantitative estimate of drug-likeness (QED) is 0.835. The molecule has 2 saturated heterocycles. The van der Waals surface area contributed by atoms with Crippen molar-refractivity contribution < 1.29 is 0 Å². The van der Waals surface area contributed by atoms with Crippen LogP contribution in [-0.2, 0) is 0 Å². The molecule has 4 bridgehead atoms. The molecule has 3 unspecified atom stereocenters. The molecule has 0 radical (unpaired) electrons. The third-order valence-electron chi connectivity index (χ3n) is 7.28. The van der Waals surface area contributed by atoms with Gasteiger partial charge in [0, 0.05) is 24.2 Å². The normalized spacial score (nSPS) is 50.9. The fourth-order valence-corrected chi connectivity index (χ4v) is 6.59. The van der Waals surface area contributed by atoms with Gasteiger partial charge in [0.1, 0.15) is 0 Å². The molecule has 21 heavy (non-hydrogen) atoms. The minimum Gasteiger partial charge on any atom is -0.328 e. The van der Waals surface area contributed by atoms with Crippen molar-refractivity contribution in [1.82, 2.24) is 4.90 Å². The first-order chi connectivity index (χ1) is 10.2. The van der Waals surface area contributed by atoms with E-state index in [0.717, 1.165) is 35.9 Å². The summed E-state index contributed by atoms with van der Waals surface area (Å²) in [5.74, 6) is 3.14. The van der Waals surface area contributed by atoms with Gasteiger partial charge in [-0.15, -0.1) is 0 Å². The van der Waals surface area contributed by atoms with E-state index in [9.17, 15) is 0 Å². The first-order valence-electron chi connectivity index (χ1n) is 9.76. The SMILES string of the molecule is CCC1C[C@@H]2CC(N3[C@@H]4CCC[C@H]3CC(N)C4)C[C@H](C1)C2. The van der Waals surface area contributed by atoms with Crippen LogP contribution in [0.4, 0.5) is 0 Å². The zero-order chi connectivity index (χ0) is 14.4. The Balaban J connectivity index is 1.47. The molecule has 2 aliphatic carbocycles. The molecule has 0 amide bonds. The Labute approximate surface area is 130 Å². The number of fused-ring (bicyclic) bond motifs is 4. The van der Waals surface area contributed by atoms with Gasteiger partial charge < -0.3 is 5.73 Å². The predicted molar refractivity (Wildman–Crippen MR) is 88.1 cm³/mol. The second-order valence-corrected chi connectivity index (χ2v) is 8.76. The molecular formula is C19H34N2. The Morgan fingerprint density at radius 3 is 2.00 bits per heavy atom. The number of nitrogens with zero attached hydrogens (tertiary/aromatic N) is 1. The van der Waals surface area contributed by atoms with Crippen LogP contribution in [0, 0.1) is 17.8 Å². The summed E-state index contributed by atoms with van der Waals surface area (Å²) in [7, 11) is 0. The largest absolute Gasteiger partial charge is 0.328 e. The van der Waals surface area contributed by atoms with Crippen molar-refractivity contribution in [3.63, 3.8) is 0 Å². The molecule has 2 N–H and O–H groups in total. The number of hydrogen-bond acceptors (Lipinski definition) is 2. The lowest BCUT2D eigenvalue weighted by Gasteiger charge is -2.55. The Hall–Kier alpha value is -0.0800. The van der Waals surface area contributed by atoms with E-state index < -0.39 is 0 Å². The van der Waals surface area contributed by atoms with E-state index in [1.807, 2.05) is 0 Å². The molecule has 4 rings (SSSR count). The Kier molecular flexibility index (Phi) is 4.04. The summed E-state index contributed by atoms with van der Waals surface area (Å²) in [4.78, 5) is 3.00. The summed E-state index contributed by atoms with van der Waals surface area (Å²) >= 11 is 0. The first kappa shape index (κ1) is 14.5. The highest BCUT2D eigenvalue weighted by atomic mass is 15.2. The van der Waals surface area contributed by atoms with Crippen molar-refractivity contribution in [2.24, 2.45) is 23.5 Å². The highest BCUT2D eigenvalue weighted by Crippen LogP contribution is 2.47. The maximum atomic E-state index is 6.32. The fraction of sp³-hybridized carbons (Fsp3) is 1.00. The Morgan fingerprint density at radius 2 is 1.43 bits per heavy atom. The lowest BCUT2D eigenvalue weighted by atomic mass is 9.65. The van der Waals surface area contributed by atoms with Gasteiger partial charge in [0.2, 0.25) is 0 Å². The van der Waals surface area contributed by atoms with Crippen molar-refractivity contribution in [2.45, 2.75) is 102 Å². The van der Waals surface area contributed by atoms with Gasteiger partial charge >= 0.3 is 0 Å². The maximum Gasteiger partial charge on any atom is 0.0116 e. The predicted octanol–water partition coefficient (Wildman–Crippen LogP) is 3.94. The summed E-state index contributed by atoms with van der Waals surface area (Å²) in [6.45, 7) is 2.40. The smallest absolute Gasteiger partial charge is 0.0116 e. The molecule has 2 heterocycles. The van der Waals surface area contributed by atoms with Crippen molar-refractivity contribution in [3.8, 4) is 0 Å². The topological polar surface area (TPSA) is 29.3 Å². The van der Waals surface area contributed by atoms with Crippen LogP contribution in [0.15, 0.2) is 0 Å². The molecule has 2 nitrogen and oxygen atoms in total. The summed E-state index contributed by atoms with van der Waals surface area (Å²) < 4.78 is 0. The van der Waals surface area contributed by atoms with Crippen molar-refractivity contribution in [3.05, 3.63) is 0 Å². The van der Waals surface area contributed by atoms with E-state index in [4.69, 9.17) is 5.73 Å². The highest BCUT2D eigenvalue weighted by Gasteiger charge is 2.44. The molecule has 2 saturated carbocycles. The molecular weight excluding hydrogens is 256 g/mol. The van der Waals surface area contributed by atoms with E-state index in [1.54, 1.807) is 6.42 Å². The van der Waals surface area contributed by atoms with E-state index in [2.05, 4.69) is 11.8 Å². The fourth-order valence-electron chi connectivity index (χ4n) is 6.59. The Bertz CT molecular complexity index is 341. The highest BCUT2D eigenvalue weighted by molar-refractivity contribution is 5.00. The molecule has 4 fully saturated rings. The minimum absolute atomic E-state index is 0.490. The zero-order valence-corrected chi connectivity index (χ0v) is 13.8. The van der Waals surface area contributed by atoms with Gasteiger partial charge in [-0.25, -0.2) is 0 Å². The van der Waals surface area contributed by atoms with Crippen molar-refractivity contribution in [1.29, 1.82) is 0 Å². The average Bonchev–Trinajstić information content (AvgIpc) is 2.45. The van der Waals surface area contributed by atoms with Gasteiger partial charge in [0.15, 0.2) is 0 Å². The second-order valence-electron chi connectivity index (χ2n) is 8.76. The van der Waals surface area contributed by atoms with Crippen LogP contribution < -0.4 is 5.73 Å². The first-order valence-corrected chi connectivity index (χ1v) is 9.76. The average molecular weight is 290 g/mol. The number of hydrogen-bond donors (Lipinski definition) is 1. The molecule has 0 spiro atoms. The van der Waals surface area contributed by atoms with Gasteiger partial charge in [-0.3, -0.25) is 4.90 Å². The van der Waals surface area contributed by atoms with E-state index in [-0.39, 0.29) is 0 Å². The van der Waals surface area contributed by atoms with Gasteiger partial charge in [-0.2, -0.15) is 0 Å². The number of piperidine rings is 2. The molecule has 120 valence electrons. The third-order valence-corrected chi connectivity index (χ3v) is 7.28. The van der Waals surface area contributed by atoms with Crippen LogP contribution in [0.3, 0.4) is 0 Å². The maximum absolute atomic E-state index is 6.32. The number of rotatable bonds is 2. The summed E-state index contributed by atoms with van der Waals surface area (Å²) in [5, 5.41) is 0. The lowest BCUT2D eigenvalue weighted by molar-refractivity contribution is -0.0456. The standard InChI is InChI=1S/C19H34N2/c1-2-13-6-14-8-15(7-13)10-19(9-14)21-17-4-3-5-18(21)12-16(20)11-17/h13-19H,2-12,20H2,1H3/t13?,14-,15+,16?,17-,18+,19?. The third kappa shape index (κ3) is 2.79. The van der Waals surface area contributed by atoms with Crippen LogP contribution in [0.25, 0.3) is 0 Å². The second kappa shape index (κ2) is 5.85. The summed E-state index contributed by atoms with van der Waals surface area (Å²) in [6, 6.07) is 3.06. The van der Waals surface area contributed by atoms with E-state index in [0.29, 0.717) is 6.04 Å². The molecule has 0 aromatic heterocycles. The van der Waals surface area contributed by atoms with Gasteiger partial charge in [-0.05, 0) is 75.5 Å². The van der Waals surface area contributed by atoms with Crippen LogP contribution in [0.1, 0.15) is 77.6 Å². The number of nitrogens with two attached hydrogens (primary N) is 1. The minimum atomic E-state index is 0.490.